The molecule has 1 aliphatic rings. The van der Waals surface area contributed by atoms with Gasteiger partial charge in [-0.15, -0.1) is 0 Å². The SMILES string of the molecule is CCCOc1ccc(C(=O)N[C@H]2CC(C)(C)Oc3ccc(OC)cc32)cc1. The van der Waals surface area contributed by atoms with E-state index in [9.17, 15) is 4.79 Å². The first-order valence-electron chi connectivity index (χ1n) is 9.32. The van der Waals surface area contributed by atoms with Crippen LogP contribution in [0.3, 0.4) is 0 Å². The molecular weight excluding hydrogens is 342 g/mol. The zero-order valence-corrected chi connectivity index (χ0v) is 16.4. The van der Waals surface area contributed by atoms with Gasteiger partial charge in [0.25, 0.3) is 5.91 Å². The largest absolute Gasteiger partial charge is 0.497 e. The number of nitrogens with one attached hydrogen (secondary N) is 1. The van der Waals surface area contributed by atoms with E-state index in [0.29, 0.717) is 18.6 Å². The van der Waals surface area contributed by atoms with Crippen LogP contribution in [0.25, 0.3) is 0 Å². The summed E-state index contributed by atoms with van der Waals surface area (Å²) < 4.78 is 17.0. The van der Waals surface area contributed by atoms with Gasteiger partial charge in [-0.2, -0.15) is 0 Å². The Kier molecular flexibility index (Phi) is 5.59. The fourth-order valence-corrected chi connectivity index (χ4v) is 3.25. The maximum Gasteiger partial charge on any atom is 0.251 e. The van der Waals surface area contributed by atoms with E-state index in [-0.39, 0.29) is 17.6 Å². The molecule has 1 amide bonds. The molecule has 0 fully saturated rings. The Hall–Kier alpha value is -2.69. The second-order valence-electron chi connectivity index (χ2n) is 7.37. The average molecular weight is 369 g/mol. The van der Waals surface area contributed by atoms with E-state index in [1.807, 2.05) is 44.2 Å². The third kappa shape index (κ3) is 4.54. The number of hydrogen-bond donors (Lipinski definition) is 1. The van der Waals surface area contributed by atoms with Crippen LogP contribution in [-0.4, -0.2) is 25.2 Å². The van der Waals surface area contributed by atoms with Crippen molar-refractivity contribution in [3.05, 3.63) is 53.6 Å². The van der Waals surface area contributed by atoms with E-state index in [1.54, 1.807) is 19.2 Å². The van der Waals surface area contributed by atoms with Crippen molar-refractivity contribution in [3.63, 3.8) is 0 Å². The molecule has 2 aromatic carbocycles. The first-order valence-corrected chi connectivity index (χ1v) is 9.32. The molecule has 0 radical (unpaired) electrons. The number of ether oxygens (including phenoxy) is 3. The average Bonchev–Trinajstić information content (AvgIpc) is 2.65. The highest BCUT2D eigenvalue weighted by Crippen LogP contribution is 2.41. The van der Waals surface area contributed by atoms with Crippen LogP contribution in [0.4, 0.5) is 0 Å². The van der Waals surface area contributed by atoms with E-state index >= 15 is 0 Å². The molecule has 5 heteroatoms. The van der Waals surface area contributed by atoms with Crippen molar-refractivity contribution >= 4 is 5.91 Å². The van der Waals surface area contributed by atoms with Crippen LogP contribution in [-0.2, 0) is 0 Å². The third-order valence-electron chi connectivity index (χ3n) is 4.57. The number of fused-ring (bicyclic) bond motifs is 1. The molecular formula is C22H27NO4. The molecule has 0 aromatic heterocycles. The Bertz CT molecular complexity index is 798. The molecule has 1 atom stereocenters. The van der Waals surface area contributed by atoms with Gasteiger partial charge in [0.15, 0.2) is 0 Å². The Balaban J connectivity index is 1.79. The molecule has 0 unspecified atom stereocenters. The predicted octanol–water partition coefficient (Wildman–Crippen LogP) is 4.52. The monoisotopic (exact) mass is 369 g/mol. The highest BCUT2D eigenvalue weighted by molar-refractivity contribution is 5.94. The number of methoxy groups -OCH3 is 1. The third-order valence-corrected chi connectivity index (χ3v) is 4.57. The summed E-state index contributed by atoms with van der Waals surface area (Å²) in [4.78, 5) is 12.8. The maximum atomic E-state index is 12.8. The van der Waals surface area contributed by atoms with Gasteiger partial charge >= 0.3 is 0 Å². The van der Waals surface area contributed by atoms with Gasteiger partial charge in [-0.05, 0) is 62.7 Å². The van der Waals surface area contributed by atoms with Gasteiger partial charge in [0.05, 0.1) is 19.8 Å². The van der Waals surface area contributed by atoms with Crippen LogP contribution in [0, 0.1) is 0 Å². The first-order chi connectivity index (χ1) is 12.9. The van der Waals surface area contributed by atoms with E-state index in [0.717, 1.165) is 29.2 Å². The highest BCUT2D eigenvalue weighted by atomic mass is 16.5. The fourth-order valence-electron chi connectivity index (χ4n) is 3.25. The quantitative estimate of drug-likeness (QED) is 0.814. The van der Waals surface area contributed by atoms with Crippen molar-refractivity contribution in [1.82, 2.24) is 5.32 Å². The highest BCUT2D eigenvalue weighted by Gasteiger charge is 2.35. The lowest BCUT2D eigenvalue weighted by Crippen LogP contribution is -2.41. The number of carbonyl (C=O) groups is 1. The number of benzene rings is 2. The van der Waals surface area contributed by atoms with Crippen LogP contribution >= 0.6 is 0 Å². The summed E-state index contributed by atoms with van der Waals surface area (Å²) in [6.45, 7) is 6.78. The Labute approximate surface area is 160 Å². The summed E-state index contributed by atoms with van der Waals surface area (Å²) in [5.74, 6) is 2.18. The van der Waals surface area contributed by atoms with Gasteiger partial charge in [-0.1, -0.05) is 6.92 Å². The van der Waals surface area contributed by atoms with E-state index in [1.165, 1.54) is 0 Å². The van der Waals surface area contributed by atoms with Crippen molar-refractivity contribution in [2.24, 2.45) is 0 Å². The van der Waals surface area contributed by atoms with Crippen molar-refractivity contribution in [2.75, 3.05) is 13.7 Å². The summed E-state index contributed by atoms with van der Waals surface area (Å²) in [6.07, 6.45) is 1.63. The van der Waals surface area contributed by atoms with Crippen LogP contribution < -0.4 is 19.5 Å². The lowest BCUT2D eigenvalue weighted by molar-refractivity contribution is 0.0618. The lowest BCUT2D eigenvalue weighted by atomic mass is 9.89. The molecule has 2 aromatic rings. The minimum atomic E-state index is -0.364. The van der Waals surface area contributed by atoms with Gasteiger partial charge in [-0.3, -0.25) is 4.79 Å². The van der Waals surface area contributed by atoms with Crippen molar-refractivity contribution in [3.8, 4) is 17.2 Å². The normalized spacial score (nSPS) is 17.4. The van der Waals surface area contributed by atoms with Crippen LogP contribution in [0.2, 0.25) is 0 Å². The van der Waals surface area contributed by atoms with Gasteiger partial charge in [0, 0.05) is 17.5 Å². The van der Waals surface area contributed by atoms with Gasteiger partial charge in [0.2, 0.25) is 0 Å². The summed E-state index contributed by atoms with van der Waals surface area (Å²) in [6, 6.07) is 12.8. The number of amides is 1. The summed E-state index contributed by atoms with van der Waals surface area (Å²) >= 11 is 0. The van der Waals surface area contributed by atoms with Crippen LogP contribution in [0.15, 0.2) is 42.5 Å². The van der Waals surface area contributed by atoms with E-state index < -0.39 is 0 Å². The Morgan fingerprint density at radius 1 is 1.19 bits per heavy atom. The van der Waals surface area contributed by atoms with Crippen molar-refractivity contribution in [1.29, 1.82) is 0 Å². The van der Waals surface area contributed by atoms with Gasteiger partial charge in [0.1, 0.15) is 22.8 Å². The summed E-state index contributed by atoms with van der Waals surface area (Å²) in [5.41, 5.74) is 1.18. The Morgan fingerprint density at radius 3 is 2.56 bits per heavy atom. The maximum absolute atomic E-state index is 12.8. The minimum Gasteiger partial charge on any atom is -0.497 e. The number of hydrogen-bond acceptors (Lipinski definition) is 4. The van der Waals surface area contributed by atoms with Gasteiger partial charge in [-0.25, -0.2) is 0 Å². The Morgan fingerprint density at radius 2 is 1.89 bits per heavy atom. The van der Waals surface area contributed by atoms with E-state index in [2.05, 4.69) is 12.2 Å². The smallest absolute Gasteiger partial charge is 0.251 e. The lowest BCUT2D eigenvalue weighted by Gasteiger charge is -2.38. The molecule has 5 nitrogen and oxygen atoms in total. The topological polar surface area (TPSA) is 56.8 Å². The number of carbonyl (C=O) groups excluding carboxylic acids is 1. The zero-order chi connectivity index (χ0) is 19.4. The predicted molar refractivity (Wildman–Crippen MR) is 105 cm³/mol. The van der Waals surface area contributed by atoms with E-state index in [4.69, 9.17) is 14.2 Å². The molecule has 1 heterocycles. The minimum absolute atomic E-state index is 0.117. The van der Waals surface area contributed by atoms with Crippen molar-refractivity contribution < 1.29 is 19.0 Å². The van der Waals surface area contributed by atoms with Crippen LogP contribution in [0.1, 0.15) is 55.6 Å². The second kappa shape index (κ2) is 7.91. The summed E-state index contributed by atoms with van der Waals surface area (Å²) in [7, 11) is 1.63. The first kappa shape index (κ1) is 19.1. The van der Waals surface area contributed by atoms with Gasteiger partial charge < -0.3 is 19.5 Å². The zero-order valence-electron chi connectivity index (χ0n) is 16.4. The van der Waals surface area contributed by atoms with Crippen LogP contribution in [0.5, 0.6) is 17.2 Å². The molecule has 0 aliphatic carbocycles. The number of rotatable bonds is 6. The standard InChI is InChI=1S/C22H27NO4/c1-5-12-26-16-8-6-15(7-9-16)21(24)23-19-14-22(2,3)27-20-11-10-17(25-4)13-18(19)20/h6-11,13,19H,5,12,14H2,1-4H3,(H,23,24)/t19-/m0/s1. The molecule has 0 saturated heterocycles. The molecule has 1 aliphatic heterocycles. The second-order valence-corrected chi connectivity index (χ2v) is 7.37. The molecule has 0 bridgehead atoms. The van der Waals surface area contributed by atoms with Crippen molar-refractivity contribution in [2.45, 2.75) is 45.3 Å². The molecule has 1 N–H and O–H groups in total. The molecule has 0 saturated carbocycles. The fraction of sp³-hybridized carbons (Fsp3) is 0.409. The molecule has 3 rings (SSSR count). The molecule has 144 valence electrons. The summed E-state index contributed by atoms with van der Waals surface area (Å²) in [5, 5.41) is 3.15. The molecule has 0 spiro atoms. The molecule has 27 heavy (non-hydrogen) atoms.